The second-order valence-corrected chi connectivity index (χ2v) is 6.10. The fraction of sp³-hybridized carbons (Fsp3) is 0.667. The molecule has 0 saturated carbocycles. The van der Waals surface area contributed by atoms with Gasteiger partial charge in [-0.15, -0.1) is 0 Å². The highest BCUT2D eigenvalue weighted by atomic mass is 15.1. The van der Waals surface area contributed by atoms with Gasteiger partial charge in [0.15, 0.2) is 0 Å². The molecule has 0 aliphatic carbocycles. The van der Waals surface area contributed by atoms with Crippen molar-refractivity contribution in [3.63, 3.8) is 0 Å². The first kappa shape index (κ1) is 15.5. The van der Waals surface area contributed by atoms with Crippen molar-refractivity contribution >= 4 is 0 Å². The maximum Gasteiger partial charge on any atom is 0.0236 e. The van der Waals surface area contributed by atoms with E-state index in [0.29, 0.717) is 0 Å². The van der Waals surface area contributed by atoms with Crippen molar-refractivity contribution in [1.82, 2.24) is 10.2 Å². The zero-order valence-corrected chi connectivity index (χ0v) is 13.2. The van der Waals surface area contributed by atoms with Gasteiger partial charge < -0.3 is 5.32 Å². The minimum absolute atomic E-state index is 0.958. The van der Waals surface area contributed by atoms with Crippen LogP contribution in [-0.4, -0.2) is 31.6 Å². The number of hydrogen-bond acceptors (Lipinski definition) is 2. The van der Waals surface area contributed by atoms with Crippen molar-refractivity contribution in [2.24, 2.45) is 5.92 Å². The summed E-state index contributed by atoms with van der Waals surface area (Å²) in [6.07, 6.45) is 6.67. The Bertz CT molecular complexity index is 389. The lowest BCUT2D eigenvalue weighted by atomic mass is 9.98. The Hall–Kier alpha value is -0.860. The van der Waals surface area contributed by atoms with Gasteiger partial charge in [-0.25, -0.2) is 0 Å². The lowest BCUT2D eigenvalue weighted by Gasteiger charge is -2.22. The number of likely N-dealkylation sites (tertiary alicyclic amines) is 1. The van der Waals surface area contributed by atoms with Crippen molar-refractivity contribution in [3.05, 3.63) is 35.4 Å². The molecule has 1 aromatic rings. The van der Waals surface area contributed by atoms with Gasteiger partial charge in [0.05, 0.1) is 0 Å². The second-order valence-electron chi connectivity index (χ2n) is 6.10. The SMILES string of the molecule is CCC1CCCN(Cc2ccccc2CCNC)CC1. The molecule has 0 spiro atoms. The van der Waals surface area contributed by atoms with Crippen LogP contribution in [0, 0.1) is 5.92 Å². The Morgan fingerprint density at radius 2 is 1.95 bits per heavy atom. The summed E-state index contributed by atoms with van der Waals surface area (Å²) in [5.41, 5.74) is 3.04. The third kappa shape index (κ3) is 4.60. The monoisotopic (exact) mass is 274 g/mol. The minimum Gasteiger partial charge on any atom is -0.319 e. The average Bonchev–Trinajstić information content (AvgIpc) is 2.71. The molecular weight excluding hydrogens is 244 g/mol. The molecule has 112 valence electrons. The first-order valence-corrected chi connectivity index (χ1v) is 8.27. The van der Waals surface area contributed by atoms with Crippen molar-refractivity contribution in [2.45, 2.75) is 45.6 Å². The summed E-state index contributed by atoms with van der Waals surface area (Å²) >= 11 is 0. The molecule has 1 aliphatic rings. The standard InChI is InChI=1S/C18H30N2/c1-3-16-7-6-13-20(14-11-16)15-18-9-5-4-8-17(18)10-12-19-2/h4-5,8-9,16,19H,3,6-7,10-15H2,1-2H3. The molecule has 1 aromatic carbocycles. The predicted molar refractivity (Wildman–Crippen MR) is 87.0 cm³/mol. The number of rotatable bonds is 6. The van der Waals surface area contributed by atoms with E-state index < -0.39 is 0 Å². The minimum atomic E-state index is 0.958. The molecule has 1 saturated heterocycles. The molecule has 0 amide bonds. The van der Waals surface area contributed by atoms with E-state index in [1.807, 2.05) is 7.05 Å². The van der Waals surface area contributed by atoms with E-state index >= 15 is 0 Å². The van der Waals surface area contributed by atoms with Crippen molar-refractivity contribution in [3.8, 4) is 0 Å². The molecule has 0 aromatic heterocycles. The normalized spacial score (nSPS) is 20.8. The number of nitrogens with one attached hydrogen (secondary N) is 1. The van der Waals surface area contributed by atoms with Gasteiger partial charge in [-0.05, 0) is 69.4 Å². The molecule has 1 N–H and O–H groups in total. The van der Waals surface area contributed by atoms with Crippen LogP contribution in [-0.2, 0) is 13.0 Å². The van der Waals surface area contributed by atoms with E-state index in [9.17, 15) is 0 Å². The summed E-state index contributed by atoms with van der Waals surface area (Å²) in [5.74, 6) is 0.958. The summed E-state index contributed by atoms with van der Waals surface area (Å²) in [6.45, 7) is 7.09. The maximum atomic E-state index is 3.26. The zero-order valence-electron chi connectivity index (χ0n) is 13.2. The molecule has 1 fully saturated rings. The van der Waals surface area contributed by atoms with Crippen LogP contribution in [0.3, 0.4) is 0 Å². The molecule has 2 nitrogen and oxygen atoms in total. The predicted octanol–water partition coefficient (Wildman–Crippen LogP) is 3.46. The molecule has 20 heavy (non-hydrogen) atoms. The van der Waals surface area contributed by atoms with Gasteiger partial charge in [-0.2, -0.15) is 0 Å². The highest BCUT2D eigenvalue weighted by molar-refractivity contribution is 5.27. The Labute approximate surface area is 124 Å². The van der Waals surface area contributed by atoms with Crippen LogP contribution in [0.2, 0.25) is 0 Å². The second kappa shape index (κ2) is 8.43. The van der Waals surface area contributed by atoms with Crippen LogP contribution in [0.1, 0.15) is 43.7 Å². The lowest BCUT2D eigenvalue weighted by molar-refractivity contribution is 0.271. The van der Waals surface area contributed by atoms with Crippen LogP contribution in [0.25, 0.3) is 0 Å². The third-order valence-electron chi connectivity index (χ3n) is 4.67. The quantitative estimate of drug-likeness (QED) is 0.854. The van der Waals surface area contributed by atoms with E-state index in [2.05, 4.69) is 41.4 Å². The van der Waals surface area contributed by atoms with Crippen LogP contribution in [0.15, 0.2) is 24.3 Å². The number of benzene rings is 1. The van der Waals surface area contributed by atoms with Crippen LogP contribution < -0.4 is 5.32 Å². The van der Waals surface area contributed by atoms with Crippen molar-refractivity contribution in [2.75, 3.05) is 26.7 Å². The number of hydrogen-bond donors (Lipinski definition) is 1. The van der Waals surface area contributed by atoms with E-state index in [1.54, 1.807) is 0 Å². The zero-order chi connectivity index (χ0) is 14.2. The number of likely N-dealkylation sites (N-methyl/N-ethyl adjacent to an activating group) is 1. The molecule has 1 atom stereocenters. The highest BCUT2D eigenvalue weighted by Gasteiger charge is 2.16. The van der Waals surface area contributed by atoms with E-state index in [4.69, 9.17) is 0 Å². The summed E-state index contributed by atoms with van der Waals surface area (Å²) < 4.78 is 0. The maximum absolute atomic E-state index is 3.26. The molecule has 0 bridgehead atoms. The molecule has 0 radical (unpaired) electrons. The smallest absolute Gasteiger partial charge is 0.0236 e. The Kier molecular flexibility index (Phi) is 6.55. The molecule has 1 aliphatic heterocycles. The summed E-state index contributed by atoms with van der Waals surface area (Å²) in [4.78, 5) is 2.66. The van der Waals surface area contributed by atoms with Crippen LogP contribution in [0.4, 0.5) is 0 Å². The molecule has 2 rings (SSSR count). The first-order valence-electron chi connectivity index (χ1n) is 8.27. The average molecular weight is 274 g/mol. The fourth-order valence-corrected chi connectivity index (χ4v) is 3.25. The van der Waals surface area contributed by atoms with E-state index in [0.717, 1.165) is 25.4 Å². The molecule has 2 heteroatoms. The van der Waals surface area contributed by atoms with Crippen LogP contribution >= 0.6 is 0 Å². The summed E-state index contributed by atoms with van der Waals surface area (Å²) in [7, 11) is 2.03. The fourth-order valence-electron chi connectivity index (χ4n) is 3.25. The van der Waals surface area contributed by atoms with Gasteiger partial charge in [0.1, 0.15) is 0 Å². The summed E-state index contributed by atoms with van der Waals surface area (Å²) in [5, 5.41) is 3.26. The van der Waals surface area contributed by atoms with E-state index in [1.165, 1.54) is 49.9 Å². The van der Waals surface area contributed by atoms with Gasteiger partial charge in [0, 0.05) is 6.54 Å². The van der Waals surface area contributed by atoms with E-state index in [-0.39, 0.29) is 0 Å². The van der Waals surface area contributed by atoms with Crippen LogP contribution in [0.5, 0.6) is 0 Å². The Balaban J connectivity index is 1.95. The van der Waals surface area contributed by atoms with Gasteiger partial charge in [-0.1, -0.05) is 37.6 Å². The molecule has 1 unspecified atom stereocenters. The topological polar surface area (TPSA) is 15.3 Å². The van der Waals surface area contributed by atoms with Gasteiger partial charge in [0.25, 0.3) is 0 Å². The lowest BCUT2D eigenvalue weighted by Crippen LogP contribution is -2.25. The van der Waals surface area contributed by atoms with Gasteiger partial charge >= 0.3 is 0 Å². The largest absolute Gasteiger partial charge is 0.319 e. The third-order valence-corrected chi connectivity index (χ3v) is 4.67. The molecular formula is C18H30N2. The van der Waals surface area contributed by atoms with Crippen molar-refractivity contribution < 1.29 is 0 Å². The van der Waals surface area contributed by atoms with Crippen molar-refractivity contribution in [1.29, 1.82) is 0 Å². The molecule has 1 heterocycles. The Morgan fingerprint density at radius 1 is 1.15 bits per heavy atom. The Morgan fingerprint density at radius 3 is 2.70 bits per heavy atom. The summed E-state index contributed by atoms with van der Waals surface area (Å²) in [6, 6.07) is 8.96. The first-order chi connectivity index (χ1) is 9.83. The van der Waals surface area contributed by atoms with Gasteiger partial charge in [-0.3, -0.25) is 4.90 Å². The highest BCUT2D eigenvalue weighted by Crippen LogP contribution is 2.22. The van der Waals surface area contributed by atoms with Gasteiger partial charge in [0.2, 0.25) is 0 Å². The number of nitrogens with zero attached hydrogens (tertiary/aromatic N) is 1.